The summed E-state index contributed by atoms with van der Waals surface area (Å²) in [5.41, 5.74) is 0. The largest absolute Gasteiger partial charge is 0.426 e. The van der Waals surface area contributed by atoms with Crippen molar-refractivity contribution in [3.05, 3.63) is 42.5 Å². The first-order valence-corrected chi connectivity index (χ1v) is 6.97. The predicted octanol–water partition coefficient (Wildman–Crippen LogP) is 2.97. The van der Waals surface area contributed by atoms with Crippen LogP contribution in [-0.2, 0) is 9.59 Å². The number of hydrogen-bond acceptors (Lipinski definition) is 3. The van der Waals surface area contributed by atoms with Crippen LogP contribution in [0.1, 0.15) is 12.8 Å². The van der Waals surface area contributed by atoms with E-state index in [2.05, 4.69) is 0 Å². The Hall–Kier alpha value is -2.16. The third-order valence-corrected chi connectivity index (χ3v) is 4.48. The first-order valence-electron chi connectivity index (χ1n) is 6.97. The molecule has 0 aliphatic heterocycles. The lowest BCUT2D eigenvalue weighted by Crippen LogP contribution is -2.15. The second-order valence-corrected chi connectivity index (χ2v) is 5.65. The Morgan fingerprint density at radius 1 is 1.10 bits per heavy atom. The van der Waals surface area contributed by atoms with Crippen molar-refractivity contribution in [1.29, 1.82) is 0 Å². The number of esters is 1. The molecule has 4 rings (SSSR count). The molecule has 3 heteroatoms. The molecule has 3 nitrogen and oxygen atoms in total. The molecule has 3 atom stereocenters. The average molecular weight is 266 g/mol. The summed E-state index contributed by atoms with van der Waals surface area (Å²) in [4.78, 5) is 23.6. The minimum Gasteiger partial charge on any atom is -0.426 e. The van der Waals surface area contributed by atoms with Crippen LogP contribution in [0, 0.1) is 17.8 Å². The number of ether oxygens (including phenoxy) is 1. The van der Waals surface area contributed by atoms with Crippen molar-refractivity contribution in [1.82, 2.24) is 0 Å². The third-order valence-electron chi connectivity index (χ3n) is 4.48. The molecule has 2 fully saturated rings. The number of Topliss-reactive ketones (excluding diaryl/α,β-unsaturated/α-hetero) is 1. The molecular formula is C17H14O3. The van der Waals surface area contributed by atoms with Crippen LogP contribution in [0.25, 0.3) is 10.8 Å². The van der Waals surface area contributed by atoms with Crippen molar-refractivity contribution < 1.29 is 14.3 Å². The molecule has 0 aromatic heterocycles. The summed E-state index contributed by atoms with van der Waals surface area (Å²) in [7, 11) is 0. The van der Waals surface area contributed by atoms with Crippen molar-refractivity contribution in [2.45, 2.75) is 12.8 Å². The van der Waals surface area contributed by atoms with Gasteiger partial charge in [0.1, 0.15) is 11.5 Å². The minimum absolute atomic E-state index is 0.0528. The Labute approximate surface area is 116 Å². The first-order chi connectivity index (χ1) is 9.74. The molecule has 2 aliphatic rings. The van der Waals surface area contributed by atoms with E-state index in [1.54, 1.807) is 6.07 Å². The van der Waals surface area contributed by atoms with Gasteiger partial charge >= 0.3 is 5.97 Å². The van der Waals surface area contributed by atoms with Crippen molar-refractivity contribution >= 4 is 22.5 Å². The van der Waals surface area contributed by atoms with Gasteiger partial charge in [-0.2, -0.15) is 0 Å². The second-order valence-electron chi connectivity index (χ2n) is 5.65. The minimum atomic E-state index is -0.247. The molecule has 2 aromatic carbocycles. The molecule has 0 N–H and O–H groups in total. The summed E-state index contributed by atoms with van der Waals surface area (Å²) in [6.07, 6.45) is 1.48. The number of ketones is 1. The van der Waals surface area contributed by atoms with Crippen LogP contribution in [0.5, 0.6) is 5.75 Å². The van der Waals surface area contributed by atoms with Gasteiger partial charge in [-0.15, -0.1) is 0 Å². The molecule has 2 aliphatic carbocycles. The Kier molecular flexibility index (Phi) is 2.43. The van der Waals surface area contributed by atoms with Gasteiger partial charge in [0.25, 0.3) is 0 Å². The van der Waals surface area contributed by atoms with Crippen molar-refractivity contribution in [3.63, 3.8) is 0 Å². The van der Waals surface area contributed by atoms with E-state index < -0.39 is 0 Å². The summed E-state index contributed by atoms with van der Waals surface area (Å²) < 4.78 is 5.44. The fourth-order valence-electron chi connectivity index (χ4n) is 3.38. The zero-order chi connectivity index (χ0) is 13.7. The standard InChI is InChI=1S/C17H14O3/c18-14-8-7-13-15(14)16(13)17(19)20-12-6-5-10-3-1-2-4-11(10)9-12/h1-6,9,13,15-16H,7-8H2/t13-,15-,16+/m1/s1. The van der Waals surface area contributed by atoms with E-state index in [9.17, 15) is 9.59 Å². The number of carbonyl (C=O) groups is 2. The SMILES string of the molecule is O=C1CC[C@@H]2[C@H]1[C@H]2C(=O)Oc1ccc2ccccc2c1. The van der Waals surface area contributed by atoms with Crippen LogP contribution in [0.4, 0.5) is 0 Å². The molecule has 0 unspecified atom stereocenters. The number of carbonyl (C=O) groups excluding carboxylic acids is 2. The summed E-state index contributed by atoms with van der Waals surface area (Å²) in [6, 6.07) is 13.6. The molecule has 2 saturated carbocycles. The Morgan fingerprint density at radius 2 is 1.90 bits per heavy atom. The number of hydrogen-bond donors (Lipinski definition) is 0. The van der Waals surface area contributed by atoms with Gasteiger partial charge in [0.2, 0.25) is 0 Å². The maximum atomic E-state index is 12.1. The van der Waals surface area contributed by atoms with Gasteiger partial charge in [0.15, 0.2) is 0 Å². The van der Waals surface area contributed by atoms with Gasteiger partial charge in [0, 0.05) is 12.3 Å². The van der Waals surface area contributed by atoms with Crippen LogP contribution in [-0.4, -0.2) is 11.8 Å². The van der Waals surface area contributed by atoms with Crippen LogP contribution in [0.2, 0.25) is 0 Å². The van der Waals surface area contributed by atoms with Crippen LogP contribution >= 0.6 is 0 Å². The van der Waals surface area contributed by atoms with Crippen LogP contribution < -0.4 is 4.74 Å². The van der Waals surface area contributed by atoms with E-state index in [4.69, 9.17) is 4.74 Å². The molecule has 0 spiro atoms. The Morgan fingerprint density at radius 3 is 2.65 bits per heavy atom. The molecule has 0 bridgehead atoms. The molecule has 100 valence electrons. The normalized spacial score (nSPS) is 27.4. The zero-order valence-corrected chi connectivity index (χ0v) is 10.9. The number of fused-ring (bicyclic) bond motifs is 2. The summed E-state index contributed by atoms with van der Waals surface area (Å²) in [5, 5.41) is 2.16. The fourth-order valence-corrected chi connectivity index (χ4v) is 3.38. The third kappa shape index (κ3) is 1.73. The van der Waals surface area contributed by atoms with Gasteiger partial charge in [-0.3, -0.25) is 9.59 Å². The molecule has 0 heterocycles. The monoisotopic (exact) mass is 266 g/mol. The molecule has 2 aromatic rings. The highest BCUT2D eigenvalue weighted by Gasteiger charge is 2.62. The fraction of sp³-hybridized carbons (Fsp3) is 0.294. The maximum Gasteiger partial charge on any atom is 0.315 e. The van der Waals surface area contributed by atoms with Crippen molar-refractivity contribution in [2.75, 3.05) is 0 Å². The zero-order valence-electron chi connectivity index (χ0n) is 10.9. The average Bonchev–Trinajstić information content (AvgIpc) is 3.08. The smallest absolute Gasteiger partial charge is 0.315 e. The highest BCUT2D eigenvalue weighted by atomic mass is 16.5. The van der Waals surface area contributed by atoms with E-state index in [1.807, 2.05) is 36.4 Å². The van der Waals surface area contributed by atoms with E-state index in [-0.39, 0.29) is 29.5 Å². The van der Waals surface area contributed by atoms with E-state index in [0.29, 0.717) is 12.2 Å². The van der Waals surface area contributed by atoms with Crippen LogP contribution in [0.3, 0.4) is 0 Å². The lowest BCUT2D eigenvalue weighted by molar-refractivity contribution is -0.138. The van der Waals surface area contributed by atoms with Crippen LogP contribution in [0.15, 0.2) is 42.5 Å². The van der Waals surface area contributed by atoms with Gasteiger partial charge in [0.05, 0.1) is 5.92 Å². The lowest BCUT2D eigenvalue weighted by Gasteiger charge is -2.06. The predicted molar refractivity (Wildman–Crippen MR) is 74.3 cm³/mol. The number of rotatable bonds is 2. The second kappa shape index (κ2) is 4.17. The van der Waals surface area contributed by atoms with E-state index >= 15 is 0 Å². The van der Waals surface area contributed by atoms with E-state index in [0.717, 1.165) is 17.2 Å². The van der Waals surface area contributed by atoms with Gasteiger partial charge < -0.3 is 4.74 Å². The molecule has 0 amide bonds. The first kappa shape index (κ1) is 11.6. The summed E-state index contributed by atoms with van der Waals surface area (Å²) in [6.45, 7) is 0. The quantitative estimate of drug-likeness (QED) is 0.620. The highest BCUT2D eigenvalue weighted by molar-refractivity contribution is 5.95. The van der Waals surface area contributed by atoms with Crippen molar-refractivity contribution in [3.8, 4) is 5.75 Å². The van der Waals surface area contributed by atoms with Crippen molar-refractivity contribution in [2.24, 2.45) is 17.8 Å². The summed E-state index contributed by atoms with van der Waals surface area (Å²) >= 11 is 0. The maximum absolute atomic E-state index is 12.1. The Bertz CT molecular complexity index is 719. The number of benzene rings is 2. The van der Waals surface area contributed by atoms with Gasteiger partial charge in [-0.05, 0) is 35.2 Å². The van der Waals surface area contributed by atoms with Gasteiger partial charge in [-0.1, -0.05) is 30.3 Å². The molecular weight excluding hydrogens is 252 g/mol. The molecule has 0 radical (unpaired) electrons. The summed E-state index contributed by atoms with van der Waals surface area (Å²) in [5.74, 6) is 0.547. The molecule has 20 heavy (non-hydrogen) atoms. The topological polar surface area (TPSA) is 43.4 Å². The lowest BCUT2D eigenvalue weighted by atomic mass is 10.1. The molecule has 0 saturated heterocycles. The van der Waals surface area contributed by atoms with Gasteiger partial charge in [-0.25, -0.2) is 0 Å². The Balaban J connectivity index is 1.53. The highest BCUT2D eigenvalue weighted by Crippen LogP contribution is 2.55. The van der Waals surface area contributed by atoms with E-state index in [1.165, 1.54) is 0 Å².